The van der Waals surface area contributed by atoms with E-state index in [2.05, 4.69) is 18.4 Å². The van der Waals surface area contributed by atoms with Crippen LogP contribution in [-0.4, -0.2) is 19.6 Å². The molecule has 1 aliphatic heterocycles. The first-order chi connectivity index (χ1) is 4.52. The third-order valence-corrected chi connectivity index (χ3v) is 6.30. The Morgan fingerprint density at radius 3 is 2.30 bits per heavy atom. The summed E-state index contributed by atoms with van der Waals surface area (Å²) in [7, 11) is -0.975. The first-order valence-corrected chi connectivity index (χ1v) is 7.08. The Labute approximate surface area is 63.0 Å². The normalized spacial score (nSPS) is 28.9. The Morgan fingerprint density at radius 2 is 2.20 bits per heavy atom. The molecule has 0 aliphatic carbocycles. The smallest absolute Gasteiger partial charge is 0.216 e. The lowest BCUT2D eigenvalue weighted by Gasteiger charge is -2.42. The van der Waals surface area contributed by atoms with E-state index in [1.165, 1.54) is 12.5 Å². The highest BCUT2D eigenvalue weighted by Crippen LogP contribution is 2.30. The molecule has 1 heterocycles. The Balaban J connectivity index is 2.37. The minimum Gasteiger partial charge on any atom is -0.356 e. The number of carbonyl (C=O) groups is 1. The summed E-state index contributed by atoms with van der Waals surface area (Å²) in [5.74, 6) is 0.130. The van der Waals surface area contributed by atoms with E-state index in [4.69, 9.17) is 0 Å². The SMILES string of the molecule is CC(=O)NC1CC[Si]1(C)C. The molecule has 1 saturated heterocycles. The number of hydrogen-bond acceptors (Lipinski definition) is 1. The molecule has 0 spiro atoms. The monoisotopic (exact) mass is 157 g/mol. The van der Waals surface area contributed by atoms with Crippen LogP contribution in [0, 0.1) is 0 Å². The zero-order valence-electron chi connectivity index (χ0n) is 6.90. The lowest BCUT2D eigenvalue weighted by molar-refractivity contribution is -0.119. The van der Waals surface area contributed by atoms with E-state index in [-0.39, 0.29) is 5.91 Å². The van der Waals surface area contributed by atoms with E-state index >= 15 is 0 Å². The average molecular weight is 157 g/mol. The molecule has 1 amide bonds. The van der Waals surface area contributed by atoms with Crippen molar-refractivity contribution in [3.8, 4) is 0 Å². The van der Waals surface area contributed by atoms with Crippen LogP contribution in [0.3, 0.4) is 0 Å². The molecule has 58 valence electrons. The van der Waals surface area contributed by atoms with Gasteiger partial charge in [0.25, 0.3) is 0 Å². The van der Waals surface area contributed by atoms with Gasteiger partial charge in [-0.05, 0) is 6.42 Å². The predicted molar refractivity (Wildman–Crippen MR) is 44.5 cm³/mol. The van der Waals surface area contributed by atoms with Gasteiger partial charge in [-0.15, -0.1) is 0 Å². The highest BCUT2D eigenvalue weighted by Gasteiger charge is 2.40. The molecule has 0 aromatic carbocycles. The lowest BCUT2D eigenvalue weighted by Crippen LogP contribution is -2.59. The molecule has 1 N–H and O–H groups in total. The predicted octanol–water partition coefficient (Wildman–Crippen LogP) is 1.14. The Kier molecular flexibility index (Phi) is 1.85. The standard InChI is InChI=1S/C7H15NOSi/c1-6(9)8-7-4-5-10(7,2)3/h7H,4-5H2,1-3H3,(H,8,9). The molecule has 1 unspecified atom stereocenters. The maximum Gasteiger partial charge on any atom is 0.216 e. The quantitative estimate of drug-likeness (QED) is 0.568. The number of hydrogen-bond donors (Lipinski definition) is 1. The van der Waals surface area contributed by atoms with E-state index in [0.29, 0.717) is 5.67 Å². The zero-order valence-corrected chi connectivity index (χ0v) is 7.90. The second-order valence-corrected chi connectivity index (χ2v) is 8.95. The minimum absolute atomic E-state index is 0.130. The van der Waals surface area contributed by atoms with Crippen LogP contribution in [0.2, 0.25) is 19.1 Å². The Hall–Kier alpha value is -0.313. The van der Waals surface area contributed by atoms with Gasteiger partial charge in [-0.1, -0.05) is 19.1 Å². The Morgan fingerprint density at radius 1 is 1.60 bits per heavy atom. The molecule has 1 fully saturated rings. The second-order valence-electron chi connectivity index (χ2n) is 3.78. The molecule has 2 nitrogen and oxygen atoms in total. The van der Waals surface area contributed by atoms with Crippen LogP contribution in [0.5, 0.6) is 0 Å². The van der Waals surface area contributed by atoms with Crippen molar-refractivity contribution in [2.45, 2.75) is 38.1 Å². The maximum atomic E-state index is 10.6. The fourth-order valence-corrected chi connectivity index (χ4v) is 3.70. The molecule has 0 saturated carbocycles. The molecule has 0 aromatic rings. The van der Waals surface area contributed by atoms with Crippen LogP contribution < -0.4 is 5.32 Å². The van der Waals surface area contributed by atoms with E-state index in [1.54, 1.807) is 6.92 Å². The molecule has 1 aliphatic rings. The first kappa shape index (κ1) is 7.79. The van der Waals surface area contributed by atoms with Gasteiger partial charge in [-0.25, -0.2) is 0 Å². The van der Waals surface area contributed by atoms with Gasteiger partial charge in [0.15, 0.2) is 0 Å². The van der Waals surface area contributed by atoms with E-state index in [9.17, 15) is 4.79 Å². The lowest BCUT2D eigenvalue weighted by atomic mass is 10.4. The summed E-state index contributed by atoms with van der Waals surface area (Å²) < 4.78 is 0. The van der Waals surface area contributed by atoms with Gasteiger partial charge in [-0.3, -0.25) is 4.79 Å². The third kappa shape index (κ3) is 1.40. The van der Waals surface area contributed by atoms with Crippen molar-refractivity contribution in [2.75, 3.05) is 0 Å². The summed E-state index contributed by atoms with van der Waals surface area (Å²) in [6.45, 7) is 6.26. The van der Waals surface area contributed by atoms with Crippen LogP contribution >= 0.6 is 0 Å². The Bertz CT molecular complexity index is 156. The van der Waals surface area contributed by atoms with E-state index < -0.39 is 8.07 Å². The number of carbonyl (C=O) groups excluding carboxylic acids is 1. The van der Waals surface area contributed by atoms with E-state index in [1.807, 2.05) is 0 Å². The summed E-state index contributed by atoms with van der Waals surface area (Å²) >= 11 is 0. The molecule has 1 rings (SSSR count). The third-order valence-electron chi connectivity index (χ3n) is 2.40. The molecule has 0 radical (unpaired) electrons. The summed E-state index contributed by atoms with van der Waals surface area (Å²) in [5, 5.41) is 2.99. The molecule has 0 aromatic heterocycles. The van der Waals surface area contributed by atoms with Crippen LogP contribution in [-0.2, 0) is 4.79 Å². The number of rotatable bonds is 1. The minimum atomic E-state index is -0.975. The molecule has 1 atom stereocenters. The van der Waals surface area contributed by atoms with Crippen molar-refractivity contribution in [2.24, 2.45) is 0 Å². The maximum absolute atomic E-state index is 10.6. The molecule has 10 heavy (non-hydrogen) atoms. The summed E-state index contributed by atoms with van der Waals surface area (Å²) in [4.78, 5) is 10.6. The summed E-state index contributed by atoms with van der Waals surface area (Å²) in [5.41, 5.74) is 0.560. The van der Waals surface area contributed by atoms with Crippen LogP contribution in [0.1, 0.15) is 13.3 Å². The van der Waals surface area contributed by atoms with Crippen molar-refractivity contribution in [3.05, 3.63) is 0 Å². The highest BCUT2D eigenvalue weighted by atomic mass is 28.3. The largest absolute Gasteiger partial charge is 0.356 e. The summed E-state index contributed by atoms with van der Waals surface area (Å²) in [6, 6.07) is 1.37. The van der Waals surface area contributed by atoms with Gasteiger partial charge in [0.05, 0.1) is 8.07 Å². The van der Waals surface area contributed by atoms with Gasteiger partial charge in [0.1, 0.15) is 0 Å². The van der Waals surface area contributed by atoms with Gasteiger partial charge in [-0.2, -0.15) is 0 Å². The fourth-order valence-electron chi connectivity index (χ4n) is 1.38. The number of amides is 1. The van der Waals surface area contributed by atoms with E-state index in [0.717, 1.165) is 0 Å². The van der Waals surface area contributed by atoms with Crippen molar-refractivity contribution < 1.29 is 4.79 Å². The fraction of sp³-hybridized carbons (Fsp3) is 0.857. The van der Waals surface area contributed by atoms with Crippen LogP contribution in [0.15, 0.2) is 0 Å². The van der Waals surface area contributed by atoms with Crippen molar-refractivity contribution in [3.63, 3.8) is 0 Å². The van der Waals surface area contributed by atoms with Crippen LogP contribution in [0.4, 0.5) is 0 Å². The summed E-state index contributed by atoms with van der Waals surface area (Å²) in [6.07, 6.45) is 1.21. The highest BCUT2D eigenvalue weighted by molar-refractivity contribution is 6.81. The van der Waals surface area contributed by atoms with Gasteiger partial charge in [0.2, 0.25) is 5.91 Å². The zero-order chi connectivity index (χ0) is 7.78. The molecule has 0 bridgehead atoms. The van der Waals surface area contributed by atoms with Crippen molar-refractivity contribution >= 4 is 14.0 Å². The molecular weight excluding hydrogens is 142 g/mol. The molecule has 3 heteroatoms. The molecular formula is C7H15NOSi. The van der Waals surface area contributed by atoms with Gasteiger partial charge < -0.3 is 5.32 Å². The number of nitrogens with one attached hydrogen (secondary N) is 1. The van der Waals surface area contributed by atoms with Crippen molar-refractivity contribution in [1.29, 1.82) is 0 Å². The van der Waals surface area contributed by atoms with Gasteiger partial charge in [0, 0.05) is 12.6 Å². The van der Waals surface area contributed by atoms with Crippen LogP contribution in [0.25, 0.3) is 0 Å². The topological polar surface area (TPSA) is 29.1 Å². The average Bonchev–Trinajstić information content (AvgIpc) is 1.81. The second kappa shape index (κ2) is 2.38. The van der Waals surface area contributed by atoms with Gasteiger partial charge >= 0.3 is 0 Å². The van der Waals surface area contributed by atoms with Crippen molar-refractivity contribution in [1.82, 2.24) is 5.32 Å². The first-order valence-electron chi connectivity index (χ1n) is 3.79.